The SMILES string of the molecule is CCC1CCC(CNc2c(Cl)cc([N+](=O)[O-])cc2Cl)CC1. The predicted molar refractivity (Wildman–Crippen MR) is 87.3 cm³/mol. The molecule has 0 aliphatic heterocycles. The molecule has 0 atom stereocenters. The molecule has 0 saturated heterocycles. The van der Waals surface area contributed by atoms with Crippen LogP contribution in [0.4, 0.5) is 11.4 Å². The number of nitrogens with one attached hydrogen (secondary N) is 1. The zero-order chi connectivity index (χ0) is 15.4. The van der Waals surface area contributed by atoms with E-state index in [-0.39, 0.29) is 5.69 Å². The molecular weight excluding hydrogens is 311 g/mol. The molecular formula is C15H20Cl2N2O2. The van der Waals surface area contributed by atoms with Gasteiger partial charge in [0.1, 0.15) is 0 Å². The molecule has 0 unspecified atom stereocenters. The highest BCUT2D eigenvalue weighted by Crippen LogP contribution is 2.36. The number of hydrogen-bond acceptors (Lipinski definition) is 3. The predicted octanol–water partition coefficient (Wildman–Crippen LogP) is 5.53. The van der Waals surface area contributed by atoms with Crippen LogP contribution in [-0.2, 0) is 0 Å². The topological polar surface area (TPSA) is 55.2 Å². The number of rotatable bonds is 5. The Hall–Kier alpha value is -1.00. The van der Waals surface area contributed by atoms with Gasteiger partial charge in [0, 0.05) is 18.7 Å². The van der Waals surface area contributed by atoms with Gasteiger partial charge in [0.25, 0.3) is 5.69 Å². The van der Waals surface area contributed by atoms with Crippen molar-refractivity contribution < 1.29 is 4.92 Å². The average molecular weight is 331 g/mol. The summed E-state index contributed by atoms with van der Waals surface area (Å²) < 4.78 is 0. The Labute approximate surface area is 135 Å². The number of benzene rings is 1. The highest BCUT2D eigenvalue weighted by molar-refractivity contribution is 6.39. The highest BCUT2D eigenvalue weighted by atomic mass is 35.5. The van der Waals surface area contributed by atoms with Crippen LogP contribution in [0.15, 0.2) is 12.1 Å². The number of halogens is 2. The van der Waals surface area contributed by atoms with Crippen LogP contribution in [0.3, 0.4) is 0 Å². The summed E-state index contributed by atoms with van der Waals surface area (Å²) in [6.45, 7) is 3.06. The lowest BCUT2D eigenvalue weighted by Gasteiger charge is -2.28. The number of non-ortho nitro benzene ring substituents is 1. The second-order valence-corrected chi connectivity index (χ2v) is 6.53. The van der Waals surface area contributed by atoms with Gasteiger partial charge in [0.15, 0.2) is 0 Å². The summed E-state index contributed by atoms with van der Waals surface area (Å²) in [6.07, 6.45) is 6.26. The van der Waals surface area contributed by atoms with Crippen molar-refractivity contribution in [1.82, 2.24) is 0 Å². The minimum Gasteiger partial charge on any atom is -0.382 e. The fraction of sp³-hybridized carbons (Fsp3) is 0.600. The summed E-state index contributed by atoms with van der Waals surface area (Å²) in [5, 5.41) is 14.6. The van der Waals surface area contributed by atoms with Crippen molar-refractivity contribution >= 4 is 34.6 Å². The van der Waals surface area contributed by atoms with E-state index >= 15 is 0 Å². The summed E-state index contributed by atoms with van der Waals surface area (Å²) in [5.41, 5.74) is 0.514. The van der Waals surface area contributed by atoms with Crippen molar-refractivity contribution in [3.63, 3.8) is 0 Å². The zero-order valence-corrected chi connectivity index (χ0v) is 13.6. The molecule has 4 nitrogen and oxygen atoms in total. The largest absolute Gasteiger partial charge is 0.382 e. The van der Waals surface area contributed by atoms with Gasteiger partial charge in [0.05, 0.1) is 20.7 Å². The molecule has 1 fully saturated rings. The van der Waals surface area contributed by atoms with Crippen LogP contribution in [0.2, 0.25) is 10.0 Å². The summed E-state index contributed by atoms with van der Waals surface area (Å²) in [5.74, 6) is 1.49. The van der Waals surface area contributed by atoms with Crippen molar-refractivity contribution in [3.05, 3.63) is 32.3 Å². The molecule has 0 amide bonds. The van der Waals surface area contributed by atoms with Crippen molar-refractivity contribution in [2.45, 2.75) is 39.0 Å². The molecule has 1 aromatic carbocycles. The minimum atomic E-state index is -0.492. The van der Waals surface area contributed by atoms with E-state index in [1.54, 1.807) is 0 Å². The smallest absolute Gasteiger partial charge is 0.272 e. The maximum Gasteiger partial charge on any atom is 0.272 e. The molecule has 6 heteroatoms. The number of hydrogen-bond donors (Lipinski definition) is 1. The third-order valence-corrected chi connectivity index (χ3v) is 4.95. The first-order chi connectivity index (χ1) is 10.0. The zero-order valence-electron chi connectivity index (χ0n) is 12.1. The van der Waals surface area contributed by atoms with E-state index < -0.39 is 4.92 Å². The van der Waals surface area contributed by atoms with Crippen LogP contribution in [0.1, 0.15) is 39.0 Å². The number of anilines is 1. The van der Waals surface area contributed by atoms with Crippen molar-refractivity contribution in [2.24, 2.45) is 11.8 Å². The van der Waals surface area contributed by atoms with E-state index in [0.29, 0.717) is 21.7 Å². The molecule has 1 aromatic rings. The Morgan fingerprint density at radius 3 is 2.19 bits per heavy atom. The van der Waals surface area contributed by atoms with Crippen LogP contribution in [-0.4, -0.2) is 11.5 Å². The van der Waals surface area contributed by atoms with Crippen molar-refractivity contribution in [1.29, 1.82) is 0 Å². The lowest BCUT2D eigenvalue weighted by atomic mass is 9.81. The molecule has 0 heterocycles. The molecule has 21 heavy (non-hydrogen) atoms. The van der Waals surface area contributed by atoms with Gasteiger partial charge in [-0.3, -0.25) is 10.1 Å². The molecule has 1 aliphatic carbocycles. The Kier molecular flexibility index (Phi) is 5.71. The fourth-order valence-corrected chi connectivity index (χ4v) is 3.53. The molecule has 0 bridgehead atoms. The van der Waals surface area contributed by atoms with Crippen LogP contribution < -0.4 is 5.32 Å². The normalized spacial score (nSPS) is 22.0. The number of nitrogens with zero attached hydrogens (tertiary/aromatic N) is 1. The van der Waals surface area contributed by atoms with E-state index in [4.69, 9.17) is 23.2 Å². The van der Waals surface area contributed by atoms with E-state index in [9.17, 15) is 10.1 Å². The van der Waals surface area contributed by atoms with E-state index in [0.717, 1.165) is 12.5 Å². The van der Waals surface area contributed by atoms with E-state index in [1.807, 2.05) is 0 Å². The lowest BCUT2D eigenvalue weighted by molar-refractivity contribution is -0.384. The number of nitro groups is 1. The maximum atomic E-state index is 10.7. The summed E-state index contributed by atoms with van der Waals surface area (Å²) >= 11 is 12.2. The Balaban J connectivity index is 1.96. The molecule has 1 saturated carbocycles. The molecule has 2 rings (SSSR count). The standard InChI is InChI=1S/C15H20Cl2N2O2/c1-2-10-3-5-11(6-4-10)9-18-15-13(16)7-12(19(20)21)8-14(15)17/h7-8,10-11,18H,2-6,9H2,1H3. The minimum absolute atomic E-state index is 0.0843. The van der Waals surface area contributed by atoms with Gasteiger partial charge in [-0.1, -0.05) is 49.4 Å². The van der Waals surface area contributed by atoms with Gasteiger partial charge in [-0.2, -0.15) is 0 Å². The first kappa shape index (κ1) is 16.4. The molecule has 0 spiro atoms. The molecule has 116 valence electrons. The van der Waals surface area contributed by atoms with Crippen LogP contribution >= 0.6 is 23.2 Å². The molecule has 1 aliphatic rings. The third-order valence-electron chi connectivity index (χ3n) is 4.35. The summed E-state index contributed by atoms with van der Waals surface area (Å²) in [4.78, 5) is 10.3. The molecule has 0 aromatic heterocycles. The van der Waals surface area contributed by atoms with Gasteiger partial charge in [0.2, 0.25) is 0 Å². The van der Waals surface area contributed by atoms with Gasteiger partial charge in [-0.15, -0.1) is 0 Å². The second-order valence-electron chi connectivity index (χ2n) is 5.72. The molecule has 0 radical (unpaired) electrons. The maximum absolute atomic E-state index is 10.7. The first-order valence-electron chi connectivity index (χ1n) is 7.38. The van der Waals surface area contributed by atoms with E-state index in [2.05, 4.69) is 12.2 Å². The second kappa shape index (κ2) is 7.32. The first-order valence-corrected chi connectivity index (χ1v) is 8.14. The van der Waals surface area contributed by atoms with Crippen molar-refractivity contribution in [2.75, 3.05) is 11.9 Å². The fourth-order valence-electron chi connectivity index (χ4n) is 2.92. The highest BCUT2D eigenvalue weighted by Gasteiger charge is 2.21. The Bertz CT molecular complexity index is 491. The van der Waals surface area contributed by atoms with Gasteiger partial charge in [-0.05, 0) is 24.7 Å². The van der Waals surface area contributed by atoms with Gasteiger partial charge >= 0.3 is 0 Å². The third kappa shape index (κ3) is 4.24. The van der Waals surface area contributed by atoms with Crippen LogP contribution in [0, 0.1) is 22.0 Å². The summed E-state index contributed by atoms with van der Waals surface area (Å²) in [7, 11) is 0. The van der Waals surface area contributed by atoms with Crippen LogP contribution in [0.5, 0.6) is 0 Å². The molecule has 1 N–H and O–H groups in total. The van der Waals surface area contributed by atoms with Gasteiger partial charge in [-0.25, -0.2) is 0 Å². The monoisotopic (exact) mass is 330 g/mol. The summed E-state index contributed by atoms with van der Waals surface area (Å²) in [6, 6.07) is 2.67. The Morgan fingerprint density at radius 1 is 1.19 bits per heavy atom. The van der Waals surface area contributed by atoms with Crippen molar-refractivity contribution in [3.8, 4) is 0 Å². The van der Waals surface area contributed by atoms with Crippen LogP contribution in [0.25, 0.3) is 0 Å². The van der Waals surface area contributed by atoms with E-state index in [1.165, 1.54) is 44.2 Å². The quantitative estimate of drug-likeness (QED) is 0.570. The van der Waals surface area contributed by atoms with Gasteiger partial charge < -0.3 is 5.32 Å². The lowest BCUT2D eigenvalue weighted by Crippen LogP contribution is -2.21. The number of nitro benzene ring substituents is 1. The average Bonchev–Trinajstić information content (AvgIpc) is 2.46. The Morgan fingerprint density at radius 2 is 1.71 bits per heavy atom.